The van der Waals surface area contributed by atoms with Crippen molar-refractivity contribution in [3.8, 4) is 0 Å². The first-order valence-electron chi connectivity index (χ1n) is 9.71. The molecule has 1 aliphatic carbocycles. The fraction of sp³-hybridized carbons (Fsp3) is 0.600. The molecule has 142 valence electrons. The number of carbonyl (C=O) groups excluding carboxylic acids is 1. The number of guanidine groups is 1. The maximum atomic E-state index is 11.9. The first-order valence-corrected chi connectivity index (χ1v) is 9.71. The molecule has 0 bridgehead atoms. The Balaban J connectivity index is 1.39. The summed E-state index contributed by atoms with van der Waals surface area (Å²) in [7, 11) is 1.77. The number of ether oxygens (including phenoxy) is 1. The Labute approximate surface area is 155 Å². The van der Waals surface area contributed by atoms with Crippen molar-refractivity contribution in [1.82, 2.24) is 10.6 Å². The van der Waals surface area contributed by atoms with Crippen molar-refractivity contribution < 1.29 is 9.53 Å². The van der Waals surface area contributed by atoms with Crippen molar-refractivity contribution in [2.24, 2.45) is 4.99 Å². The Kier molecular flexibility index (Phi) is 6.89. The van der Waals surface area contributed by atoms with Gasteiger partial charge in [0.15, 0.2) is 5.96 Å². The van der Waals surface area contributed by atoms with Crippen LogP contribution in [0.5, 0.6) is 0 Å². The number of fused-ring (bicyclic) bond motifs is 1. The maximum Gasteiger partial charge on any atom is 0.225 e. The number of hydrogen-bond donors (Lipinski definition) is 3. The number of rotatable bonds is 7. The van der Waals surface area contributed by atoms with Gasteiger partial charge in [-0.25, -0.2) is 0 Å². The first kappa shape index (κ1) is 18.7. The van der Waals surface area contributed by atoms with Gasteiger partial charge in [0, 0.05) is 44.8 Å². The molecule has 1 unspecified atom stereocenters. The molecule has 1 amide bonds. The van der Waals surface area contributed by atoms with E-state index in [-0.39, 0.29) is 11.8 Å². The summed E-state index contributed by atoms with van der Waals surface area (Å²) in [6.45, 7) is 2.31. The zero-order valence-electron chi connectivity index (χ0n) is 15.6. The summed E-state index contributed by atoms with van der Waals surface area (Å²) < 4.78 is 5.88. The minimum Gasteiger partial charge on any atom is -0.378 e. The van der Waals surface area contributed by atoms with Gasteiger partial charge in [0.1, 0.15) is 0 Å². The molecule has 0 saturated heterocycles. The highest BCUT2D eigenvalue weighted by atomic mass is 16.5. The van der Waals surface area contributed by atoms with Gasteiger partial charge in [-0.2, -0.15) is 0 Å². The quantitative estimate of drug-likeness (QED) is 0.398. The van der Waals surface area contributed by atoms with E-state index in [1.165, 1.54) is 31.2 Å². The average molecular weight is 358 g/mol. The van der Waals surface area contributed by atoms with Gasteiger partial charge in [-0.1, -0.05) is 31.0 Å². The van der Waals surface area contributed by atoms with Crippen LogP contribution in [0.15, 0.2) is 29.3 Å². The number of amides is 1. The average Bonchev–Trinajstić information content (AvgIpc) is 3.17. The van der Waals surface area contributed by atoms with Crippen LogP contribution in [0.1, 0.15) is 50.0 Å². The summed E-state index contributed by atoms with van der Waals surface area (Å²) in [5.41, 5.74) is 2.10. The third-order valence-electron chi connectivity index (χ3n) is 5.12. The standard InChI is InChI=1S/C20H30N4O2/c1-21-20(22-11-6-12-26-16-7-2-3-8-16)23-14-15-13-19(25)24-18-10-5-4-9-17(15)18/h4-5,9-10,15-16H,2-3,6-8,11-14H2,1H3,(H,24,25)(H2,21,22,23). The lowest BCUT2D eigenvalue weighted by Gasteiger charge is -2.26. The predicted molar refractivity (Wildman–Crippen MR) is 105 cm³/mol. The molecule has 0 spiro atoms. The van der Waals surface area contributed by atoms with E-state index in [9.17, 15) is 4.79 Å². The molecule has 6 heteroatoms. The van der Waals surface area contributed by atoms with E-state index >= 15 is 0 Å². The van der Waals surface area contributed by atoms with Crippen LogP contribution >= 0.6 is 0 Å². The maximum absolute atomic E-state index is 11.9. The number of nitrogens with zero attached hydrogens (tertiary/aromatic N) is 1. The molecule has 1 atom stereocenters. The minimum absolute atomic E-state index is 0.0718. The van der Waals surface area contributed by atoms with Gasteiger partial charge in [0.05, 0.1) is 6.10 Å². The molecular weight excluding hydrogens is 328 g/mol. The van der Waals surface area contributed by atoms with E-state index in [0.717, 1.165) is 31.2 Å². The van der Waals surface area contributed by atoms with E-state index in [2.05, 4.69) is 27.0 Å². The second-order valence-electron chi connectivity index (χ2n) is 7.05. The van der Waals surface area contributed by atoms with E-state index in [1.807, 2.05) is 18.2 Å². The molecule has 1 saturated carbocycles. The van der Waals surface area contributed by atoms with Crippen molar-refractivity contribution in [1.29, 1.82) is 0 Å². The van der Waals surface area contributed by atoms with Gasteiger partial charge >= 0.3 is 0 Å². The van der Waals surface area contributed by atoms with Crippen LogP contribution in [0.2, 0.25) is 0 Å². The van der Waals surface area contributed by atoms with Crippen LogP contribution in [0.25, 0.3) is 0 Å². The van der Waals surface area contributed by atoms with Gasteiger partial charge in [0.2, 0.25) is 5.91 Å². The number of nitrogens with one attached hydrogen (secondary N) is 3. The molecule has 0 radical (unpaired) electrons. The predicted octanol–water partition coefficient (Wildman–Crippen LogP) is 2.63. The molecule has 1 fully saturated rings. The van der Waals surface area contributed by atoms with Gasteiger partial charge in [-0.3, -0.25) is 9.79 Å². The van der Waals surface area contributed by atoms with Crippen LogP contribution in [-0.4, -0.2) is 44.7 Å². The molecule has 1 aromatic rings. The first-order chi connectivity index (χ1) is 12.8. The topological polar surface area (TPSA) is 74.8 Å². The Hall–Kier alpha value is -2.08. The summed E-state index contributed by atoms with van der Waals surface area (Å²) in [4.78, 5) is 16.2. The monoisotopic (exact) mass is 358 g/mol. The van der Waals surface area contributed by atoms with Crippen molar-refractivity contribution in [3.05, 3.63) is 29.8 Å². The van der Waals surface area contributed by atoms with Crippen LogP contribution in [0.4, 0.5) is 5.69 Å². The van der Waals surface area contributed by atoms with Crippen LogP contribution in [-0.2, 0) is 9.53 Å². The third-order valence-corrected chi connectivity index (χ3v) is 5.12. The van der Waals surface area contributed by atoms with Gasteiger partial charge in [-0.15, -0.1) is 0 Å². The molecule has 1 heterocycles. The molecule has 26 heavy (non-hydrogen) atoms. The zero-order chi connectivity index (χ0) is 18.2. The zero-order valence-corrected chi connectivity index (χ0v) is 15.6. The summed E-state index contributed by atoms with van der Waals surface area (Å²) in [6, 6.07) is 8.00. The fourth-order valence-electron chi connectivity index (χ4n) is 3.71. The molecule has 6 nitrogen and oxygen atoms in total. The summed E-state index contributed by atoms with van der Waals surface area (Å²) in [6.07, 6.45) is 6.98. The summed E-state index contributed by atoms with van der Waals surface area (Å²) in [5, 5.41) is 9.61. The lowest BCUT2D eigenvalue weighted by Crippen LogP contribution is -2.41. The van der Waals surface area contributed by atoms with Crippen LogP contribution in [0.3, 0.4) is 0 Å². The van der Waals surface area contributed by atoms with Gasteiger partial charge in [-0.05, 0) is 30.9 Å². The number of aliphatic imine (C=N–C) groups is 1. The molecule has 3 N–H and O–H groups in total. The fourth-order valence-corrected chi connectivity index (χ4v) is 3.71. The lowest BCUT2D eigenvalue weighted by molar-refractivity contribution is -0.116. The number of carbonyl (C=O) groups is 1. The van der Waals surface area contributed by atoms with Gasteiger partial charge in [0.25, 0.3) is 0 Å². The molecule has 1 aromatic carbocycles. The number of para-hydroxylation sites is 1. The van der Waals surface area contributed by atoms with Crippen molar-refractivity contribution in [2.45, 2.75) is 50.5 Å². The van der Waals surface area contributed by atoms with Crippen molar-refractivity contribution in [3.63, 3.8) is 0 Å². The Morgan fingerprint density at radius 1 is 1.27 bits per heavy atom. The SMILES string of the molecule is CN=C(NCCCOC1CCCC1)NCC1CC(=O)Nc2ccccc21. The van der Waals surface area contributed by atoms with E-state index in [1.54, 1.807) is 7.05 Å². The van der Waals surface area contributed by atoms with E-state index < -0.39 is 0 Å². The Morgan fingerprint density at radius 3 is 2.88 bits per heavy atom. The number of hydrogen-bond acceptors (Lipinski definition) is 3. The second-order valence-corrected chi connectivity index (χ2v) is 7.05. The highest BCUT2D eigenvalue weighted by Gasteiger charge is 2.24. The molecule has 0 aromatic heterocycles. The highest BCUT2D eigenvalue weighted by molar-refractivity contribution is 5.94. The number of benzene rings is 1. The molecule has 1 aliphatic heterocycles. The van der Waals surface area contributed by atoms with Gasteiger partial charge < -0.3 is 20.7 Å². The minimum atomic E-state index is 0.0718. The van der Waals surface area contributed by atoms with Crippen molar-refractivity contribution in [2.75, 3.05) is 32.1 Å². The van der Waals surface area contributed by atoms with E-state index in [0.29, 0.717) is 19.1 Å². The van der Waals surface area contributed by atoms with Crippen LogP contribution < -0.4 is 16.0 Å². The van der Waals surface area contributed by atoms with Crippen LogP contribution in [0, 0.1) is 0 Å². The van der Waals surface area contributed by atoms with E-state index in [4.69, 9.17) is 4.74 Å². The summed E-state index contributed by atoms with van der Waals surface area (Å²) in [5.74, 6) is 1.00. The molecule has 3 rings (SSSR count). The normalized spacial score (nSPS) is 20.6. The third kappa shape index (κ3) is 5.21. The van der Waals surface area contributed by atoms with Crippen molar-refractivity contribution >= 4 is 17.6 Å². The highest BCUT2D eigenvalue weighted by Crippen LogP contribution is 2.31. The molecule has 2 aliphatic rings. The largest absolute Gasteiger partial charge is 0.378 e. The molecular formula is C20H30N4O2. The second kappa shape index (κ2) is 9.57. The Morgan fingerprint density at radius 2 is 2.08 bits per heavy atom. The smallest absolute Gasteiger partial charge is 0.225 e. The number of anilines is 1. The Bertz CT molecular complexity index is 626. The summed E-state index contributed by atoms with van der Waals surface area (Å²) >= 11 is 0. The lowest BCUT2D eigenvalue weighted by atomic mass is 9.90.